The summed E-state index contributed by atoms with van der Waals surface area (Å²) in [5, 5.41) is 10.8. The summed E-state index contributed by atoms with van der Waals surface area (Å²) in [5.41, 5.74) is 8.43. The van der Waals surface area contributed by atoms with Crippen LogP contribution < -0.4 is 4.74 Å². The zero-order valence-electron chi connectivity index (χ0n) is 20.3. The Morgan fingerprint density at radius 2 is 1.72 bits per heavy atom. The van der Waals surface area contributed by atoms with E-state index in [1.54, 1.807) is 0 Å². The third-order valence-corrected chi connectivity index (χ3v) is 9.10. The van der Waals surface area contributed by atoms with Gasteiger partial charge in [0.1, 0.15) is 0 Å². The van der Waals surface area contributed by atoms with Gasteiger partial charge in [-0.2, -0.15) is 0 Å². The van der Waals surface area contributed by atoms with Gasteiger partial charge in [-0.25, -0.2) is 4.79 Å². The first-order chi connectivity index (χ1) is 17.5. The highest BCUT2D eigenvalue weighted by Crippen LogP contribution is 2.50. The van der Waals surface area contributed by atoms with Gasteiger partial charge in [0.25, 0.3) is 0 Å². The van der Waals surface area contributed by atoms with Crippen molar-refractivity contribution in [1.82, 2.24) is 9.47 Å². The minimum Gasteiger partial charge on any atom is -0.449 e. The number of benzene rings is 2. The Balaban J connectivity index is 1.51. The predicted molar refractivity (Wildman–Crippen MR) is 145 cm³/mol. The molecule has 0 spiro atoms. The summed E-state index contributed by atoms with van der Waals surface area (Å²) in [6, 6.07) is 16.6. The smallest absolute Gasteiger partial charge is 0.449 e. The quantitative estimate of drug-likeness (QED) is 0.269. The van der Waals surface area contributed by atoms with E-state index in [0.29, 0.717) is 17.5 Å². The first-order valence-corrected chi connectivity index (χ1v) is 13.8. The molecule has 0 radical (unpaired) electrons. The molecule has 2 aromatic heterocycles. The summed E-state index contributed by atoms with van der Waals surface area (Å²) in [6.45, 7) is 2.34. The maximum absolute atomic E-state index is 11.7. The maximum atomic E-state index is 11.7. The number of carbonyl (C=O) groups is 1. The Hall–Kier alpha value is -2.80. The lowest BCUT2D eigenvalue weighted by molar-refractivity contribution is 0.145. The SMILES string of the molecule is Cn1c(-c2ccc(Cl)cc2)c(C2CCCCC2)c2sc(OC(=O)O)c(CN3Cc4ccccc4C3)c21. The first kappa shape index (κ1) is 23.6. The van der Waals surface area contributed by atoms with Crippen LogP contribution in [-0.4, -0.2) is 20.7 Å². The molecule has 2 aliphatic rings. The Kier molecular flexibility index (Phi) is 6.28. The molecular formula is C29H29ClN2O3S. The first-order valence-electron chi connectivity index (χ1n) is 12.6. The van der Waals surface area contributed by atoms with Crippen molar-refractivity contribution in [3.63, 3.8) is 0 Å². The Morgan fingerprint density at radius 3 is 2.36 bits per heavy atom. The summed E-state index contributed by atoms with van der Waals surface area (Å²) in [7, 11) is 2.11. The van der Waals surface area contributed by atoms with Gasteiger partial charge < -0.3 is 14.4 Å². The molecule has 0 saturated heterocycles. The molecule has 2 aromatic carbocycles. The summed E-state index contributed by atoms with van der Waals surface area (Å²) < 4.78 is 8.85. The number of halogens is 1. The van der Waals surface area contributed by atoms with Crippen LogP contribution in [0.15, 0.2) is 48.5 Å². The number of hydrogen-bond donors (Lipinski definition) is 1. The molecule has 7 heteroatoms. The van der Waals surface area contributed by atoms with Crippen LogP contribution in [0.1, 0.15) is 60.3 Å². The lowest BCUT2D eigenvalue weighted by Crippen LogP contribution is -2.17. The normalized spacial score (nSPS) is 16.5. The second-order valence-corrected chi connectivity index (χ2v) is 11.4. The van der Waals surface area contributed by atoms with Crippen LogP contribution in [0, 0.1) is 0 Å². The summed E-state index contributed by atoms with van der Waals surface area (Å²) >= 11 is 7.73. The standard InChI is InChI=1S/C29H29ClN2O3S/c1-31-25(19-11-13-22(30)14-12-19)24(18-7-3-2-4-8-18)27-26(31)23(28(36-27)35-29(33)34)17-32-15-20-9-5-6-10-21(20)16-32/h5-6,9-14,18H,2-4,7-8,15-17H2,1H3,(H,33,34). The topological polar surface area (TPSA) is 54.7 Å². The largest absolute Gasteiger partial charge is 0.512 e. The number of ether oxygens (including phenoxy) is 1. The van der Waals surface area contributed by atoms with Crippen LogP contribution in [0.2, 0.25) is 5.02 Å². The molecule has 1 fully saturated rings. The molecule has 0 unspecified atom stereocenters. The predicted octanol–water partition coefficient (Wildman–Crippen LogP) is 8.18. The zero-order chi connectivity index (χ0) is 24.8. The highest BCUT2D eigenvalue weighted by molar-refractivity contribution is 7.21. The molecule has 1 aliphatic heterocycles. The Labute approximate surface area is 219 Å². The molecule has 1 aliphatic carbocycles. The molecule has 1 saturated carbocycles. The number of aromatic nitrogens is 1. The van der Waals surface area contributed by atoms with E-state index >= 15 is 0 Å². The third-order valence-electron chi connectivity index (χ3n) is 7.71. The van der Waals surface area contributed by atoms with E-state index in [0.717, 1.165) is 52.3 Å². The van der Waals surface area contributed by atoms with Gasteiger partial charge in [-0.1, -0.05) is 78.6 Å². The van der Waals surface area contributed by atoms with E-state index in [-0.39, 0.29) is 0 Å². The summed E-state index contributed by atoms with van der Waals surface area (Å²) in [5.74, 6) is 0.452. The number of hydrogen-bond acceptors (Lipinski definition) is 4. The van der Waals surface area contributed by atoms with Crippen LogP contribution in [-0.2, 0) is 26.7 Å². The number of fused-ring (bicyclic) bond motifs is 2. The monoisotopic (exact) mass is 520 g/mol. The number of aryl methyl sites for hydroxylation is 1. The lowest BCUT2D eigenvalue weighted by Gasteiger charge is -2.23. The number of nitrogens with zero attached hydrogens (tertiary/aromatic N) is 2. The maximum Gasteiger partial charge on any atom is 0.512 e. The van der Waals surface area contributed by atoms with Crippen molar-refractivity contribution in [2.75, 3.05) is 0 Å². The van der Waals surface area contributed by atoms with Crippen molar-refractivity contribution < 1.29 is 14.6 Å². The molecule has 1 N–H and O–H groups in total. The highest BCUT2D eigenvalue weighted by atomic mass is 35.5. The molecule has 5 nitrogen and oxygen atoms in total. The molecular weight excluding hydrogens is 492 g/mol. The van der Waals surface area contributed by atoms with Gasteiger partial charge in [0, 0.05) is 37.3 Å². The van der Waals surface area contributed by atoms with E-state index in [4.69, 9.17) is 16.3 Å². The Bertz CT molecular complexity index is 1410. The van der Waals surface area contributed by atoms with Crippen LogP contribution >= 0.6 is 22.9 Å². The van der Waals surface area contributed by atoms with Crippen LogP contribution in [0.4, 0.5) is 4.79 Å². The fraction of sp³-hybridized carbons (Fsp3) is 0.345. The molecule has 3 heterocycles. The van der Waals surface area contributed by atoms with Crippen LogP contribution in [0.3, 0.4) is 0 Å². The second-order valence-electron chi connectivity index (χ2n) is 9.99. The molecule has 0 atom stereocenters. The van der Waals surface area contributed by atoms with E-state index in [9.17, 15) is 9.90 Å². The van der Waals surface area contributed by atoms with Gasteiger partial charge in [0.05, 0.1) is 15.9 Å². The minimum absolute atomic E-state index is 0.452. The average molecular weight is 521 g/mol. The molecule has 6 rings (SSSR count). The summed E-state index contributed by atoms with van der Waals surface area (Å²) in [6.07, 6.45) is 4.78. The van der Waals surface area contributed by atoms with Gasteiger partial charge in [-0.3, -0.25) is 4.90 Å². The molecule has 4 aromatic rings. The Morgan fingerprint density at radius 1 is 1.06 bits per heavy atom. The van der Waals surface area contributed by atoms with Crippen molar-refractivity contribution in [3.8, 4) is 16.3 Å². The number of rotatable bonds is 5. The van der Waals surface area contributed by atoms with E-state index in [1.165, 1.54) is 53.0 Å². The van der Waals surface area contributed by atoms with Gasteiger partial charge >= 0.3 is 6.16 Å². The fourth-order valence-corrected chi connectivity index (χ4v) is 7.58. The van der Waals surface area contributed by atoms with Gasteiger partial charge in [-0.05, 0) is 53.1 Å². The van der Waals surface area contributed by atoms with Gasteiger partial charge in [0.2, 0.25) is 0 Å². The lowest BCUT2D eigenvalue weighted by atomic mass is 9.83. The minimum atomic E-state index is -1.26. The fourth-order valence-electron chi connectivity index (χ4n) is 6.14. The van der Waals surface area contributed by atoms with Crippen molar-refractivity contribution in [2.24, 2.45) is 7.05 Å². The third kappa shape index (κ3) is 4.21. The number of thiophene rings is 1. The van der Waals surface area contributed by atoms with Gasteiger partial charge in [0.15, 0.2) is 5.06 Å². The van der Waals surface area contributed by atoms with E-state index in [1.807, 2.05) is 12.1 Å². The second kappa shape index (κ2) is 9.58. The van der Waals surface area contributed by atoms with Crippen molar-refractivity contribution in [3.05, 3.63) is 75.8 Å². The number of carboxylic acid groups (broad SMARTS) is 1. The van der Waals surface area contributed by atoms with Crippen molar-refractivity contribution in [2.45, 2.75) is 57.7 Å². The molecule has 0 amide bonds. The van der Waals surface area contributed by atoms with E-state index in [2.05, 4.69) is 52.9 Å². The van der Waals surface area contributed by atoms with Gasteiger partial charge in [-0.15, -0.1) is 0 Å². The van der Waals surface area contributed by atoms with Crippen LogP contribution in [0.5, 0.6) is 5.06 Å². The molecule has 36 heavy (non-hydrogen) atoms. The van der Waals surface area contributed by atoms with Crippen molar-refractivity contribution >= 4 is 39.3 Å². The summed E-state index contributed by atoms with van der Waals surface area (Å²) in [4.78, 5) is 14.0. The highest BCUT2D eigenvalue weighted by Gasteiger charge is 2.32. The zero-order valence-corrected chi connectivity index (χ0v) is 21.9. The van der Waals surface area contributed by atoms with E-state index < -0.39 is 6.16 Å². The molecule has 186 valence electrons. The molecule has 0 bridgehead atoms. The average Bonchev–Trinajstić information content (AvgIpc) is 3.52. The van der Waals surface area contributed by atoms with Crippen LogP contribution in [0.25, 0.3) is 21.5 Å². The van der Waals surface area contributed by atoms with Crippen molar-refractivity contribution in [1.29, 1.82) is 0 Å².